The van der Waals surface area contributed by atoms with Crippen molar-refractivity contribution in [2.24, 2.45) is 4.99 Å². The van der Waals surface area contributed by atoms with Crippen LogP contribution in [0.4, 0.5) is 9.18 Å². The monoisotopic (exact) mass is 450 g/mol. The number of hydrogen-bond donors (Lipinski definition) is 1. The Hall–Kier alpha value is -1.75. The summed E-state index contributed by atoms with van der Waals surface area (Å²) >= 11 is 3.15. The van der Waals surface area contributed by atoms with Crippen molar-refractivity contribution in [3.8, 4) is 0 Å². The van der Waals surface area contributed by atoms with E-state index in [1.807, 2.05) is 0 Å². The van der Waals surface area contributed by atoms with Gasteiger partial charge in [-0.05, 0) is 55.8 Å². The first kappa shape index (κ1) is 20.6. The van der Waals surface area contributed by atoms with E-state index in [4.69, 9.17) is 4.74 Å². The molecular weight excluding hydrogens is 431 g/mol. The number of sulfonamides is 1. The van der Waals surface area contributed by atoms with Crippen molar-refractivity contribution in [3.05, 3.63) is 28.2 Å². The minimum atomic E-state index is -3.88. The van der Waals surface area contributed by atoms with E-state index in [1.165, 1.54) is 26.1 Å². The number of halogens is 2. The molecule has 144 valence electrons. The number of aromatic nitrogens is 1. The Kier molecular flexibility index (Phi) is 5.35. The van der Waals surface area contributed by atoms with Gasteiger partial charge in [0.05, 0.1) is 11.3 Å². The molecule has 1 atom stereocenters. The van der Waals surface area contributed by atoms with Crippen LogP contribution in [0.25, 0.3) is 0 Å². The maximum atomic E-state index is 14.3. The minimum absolute atomic E-state index is 0.111. The Balaban J connectivity index is 2.49. The summed E-state index contributed by atoms with van der Waals surface area (Å²) in [6.45, 7) is 6.44. The summed E-state index contributed by atoms with van der Waals surface area (Å²) in [7, 11) is -2.63. The summed E-state index contributed by atoms with van der Waals surface area (Å²) in [5, 5.41) is 2.81. The van der Waals surface area contributed by atoms with E-state index in [2.05, 4.69) is 31.2 Å². The van der Waals surface area contributed by atoms with Gasteiger partial charge < -0.3 is 10.1 Å². The van der Waals surface area contributed by atoms with Gasteiger partial charge in [0.2, 0.25) is 16.0 Å². The van der Waals surface area contributed by atoms with Gasteiger partial charge in [-0.1, -0.05) is 0 Å². The molecule has 1 aliphatic rings. The highest BCUT2D eigenvalue weighted by atomic mass is 79.9. The topological polar surface area (TPSA) is 101 Å². The van der Waals surface area contributed by atoms with Gasteiger partial charge in [-0.2, -0.15) is 0 Å². The molecule has 1 aromatic heterocycles. The Labute approximate surface area is 160 Å². The normalized spacial score (nSPS) is 24.3. The van der Waals surface area contributed by atoms with Crippen LogP contribution in [0.3, 0.4) is 0 Å². The van der Waals surface area contributed by atoms with Crippen LogP contribution in [0.2, 0.25) is 0 Å². The van der Waals surface area contributed by atoms with Gasteiger partial charge in [0, 0.05) is 7.05 Å². The second kappa shape index (κ2) is 6.76. The number of amides is 1. The number of ether oxygens (including phenoxy) is 1. The third-order valence-corrected chi connectivity index (χ3v) is 5.89. The lowest BCUT2D eigenvalue weighted by molar-refractivity contribution is 0.0602. The van der Waals surface area contributed by atoms with Gasteiger partial charge in [-0.25, -0.2) is 26.9 Å². The van der Waals surface area contributed by atoms with Crippen LogP contribution in [-0.4, -0.2) is 48.2 Å². The minimum Gasteiger partial charge on any atom is -0.442 e. The van der Waals surface area contributed by atoms with Crippen LogP contribution in [0, 0.1) is 5.82 Å². The van der Waals surface area contributed by atoms with Crippen LogP contribution in [-0.2, 0) is 20.3 Å². The molecule has 0 aromatic carbocycles. The van der Waals surface area contributed by atoms with E-state index in [0.717, 1.165) is 4.31 Å². The zero-order valence-electron chi connectivity index (χ0n) is 15.0. The van der Waals surface area contributed by atoms with Crippen LogP contribution in [0.15, 0.2) is 21.7 Å². The fraction of sp³-hybridized carbons (Fsp3) is 0.533. The van der Waals surface area contributed by atoms with Crippen molar-refractivity contribution >= 4 is 38.0 Å². The Morgan fingerprint density at radius 1 is 1.46 bits per heavy atom. The van der Waals surface area contributed by atoms with E-state index in [0.29, 0.717) is 4.60 Å². The fourth-order valence-corrected chi connectivity index (χ4v) is 4.15. The second-order valence-electron chi connectivity index (χ2n) is 7.06. The molecule has 0 bridgehead atoms. The van der Waals surface area contributed by atoms with Crippen molar-refractivity contribution in [1.82, 2.24) is 14.6 Å². The fourth-order valence-electron chi connectivity index (χ4n) is 2.36. The lowest BCUT2D eigenvalue weighted by atomic mass is 9.99. The van der Waals surface area contributed by atoms with Crippen molar-refractivity contribution in [3.63, 3.8) is 0 Å². The second-order valence-corrected chi connectivity index (χ2v) is 9.87. The highest BCUT2D eigenvalue weighted by Gasteiger charge is 2.45. The predicted molar refractivity (Wildman–Crippen MR) is 97.6 cm³/mol. The number of rotatable bonds is 1. The molecule has 0 unspecified atom stereocenters. The number of nitrogens with one attached hydrogen (secondary N) is 1. The molecule has 1 fully saturated rings. The highest BCUT2D eigenvalue weighted by molar-refractivity contribution is 9.10. The highest BCUT2D eigenvalue weighted by Crippen LogP contribution is 2.29. The zero-order chi connectivity index (χ0) is 19.9. The molecule has 1 aliphatic heterocycles. The molecule has 2 heterocycles. The van der Waals surface area contributed by atoms with Crippen molar-refractivity contribution in [2.75, 3.05) is 12.8 Å². The molecule has 1 saturated heterocycles. The number of nitrogens with zero attached hydrogens (tertiary/aromatic N) is 3. The van der Waals surface area contributed by atoms with Gasteiger partial charge in [0.25, 0.3) is 0 Å². The third-order valence-electron chi connectivity index (χ3n) is 3.50. The molecule has 1 aromatic rings. The maximum Gasteiger partial charge on any atom is 0.437 e. The number of guanidine groups is 1. The van der Waals surface area contributed by atoms with Crippen LogP contribution >= 0.6 is 15.9 Å². The summed E-state index contributed by atoms with van der Waals surface area (Å²) in [4.78, 5) is 19.7. The molecule has 1 N–H and O–H groups in total. The van der Waals surface area contributed by atoms with Gasteiger partial charge in [0.1, 0.15) is 21.7 Å². The van der Waals surface area contributed by atoms with Crippen LogP contribution < -0.4 is 5.32 Å². The van der Waals surface area contributed by atoms with Gasteiger partial charge in [-0.3, -0.25) is 0 Å². The number of hydrogen-bond acceptors (Lipinski definition) is 5. The summed E-state index contributed by atoms with van der Waals surface area (Å²) in [5.41, 5.74) is -2.34. The first-order valence-corrected chi connectivity index (χ1v) is 10.0. The number of carbonyl (C=O) groups is 1. The van der Waals surface area contributed by atoms with E-state index in [1.54, 1.807) is 20.8 Å². The largest absolute Gasteiger partial charge is 0.442 e. The third kappa shape index (κ3) is 4.50. The Morgan fingerprint density at radius 2 is 2.08 bits per heavy atom. The molecule has 0 aliphatic carbocycles. The average molecular weight is 451 g/mol. The number of aliphatic imine (C=N–C) groups is 1. The molecule has 0 radical (unpaired) electrons. The zero-order valence-corrected chi connectivity index (χ0v) is 17.4. The lowest BCUT2D eigenvalue weighted by Crippen LogP contribution is -2.62. The maximum absolute atomic E-state index is 14.3. The smallest absolute Gasteiger partial charge is 0.437 e. The predicted octanol–water partition coefficient (Wildman–Crippen LogP) is 2.35. The number of pyridine rings is 1. The van der Waals surface area contributed by atoms with Crippen LogP contribution in [0.1, 0.15) is 33.4 Å². The van der Waals surface area contributed by atoms with Gasteiger partial charge in [0.15, 0.2) is 0 Å². The van der Waals surface area contributed by atoms with Crippen LogP contribution in [0.5, 0.6) is 0 Å². The molecule has 0 spiro atoms. The number of carbonyl (C=O) groups excluding carboxylic acids is 1. The summed E-state index contributed by atoms with van der Waals surface area (Å²) < 4.78 is 45.6. The molecular formula is C15H20BrFN4O4S. The molecule has 11 heteroatoms. The van der Waals surface area contributed by atoms with Crippen molar-refractivity contribution in [1.29, 1.82) is 0 Å². The van der Waals surface area contributed by atoms with Crippen molar-refractivity contribution in [2.45, 2.75) is 38.8 Å². The van der Waals surface area contributed by atoms with E-state index < -0.39 is 38.8 Å². The van der Waals surface area contributed by atoms with E-state index >= 15 is 0 Å². The summed E-state index contributed by atoms with van der Waals surface area (Å²) in [6.07, 6.45) is -0.964. The Bertz CT molecular complexity index is 869. The van der Waals surface area contributed by atoms with E-state index in [9.17, 15) is 17.6 Å². The first-order chi connectivity index (χ1) is 11.7. The molecule has 8 nitrogen and oxygen atoms in total. The first-order valence-electron chi connectivity index (χ1n) is 7.62. The average Bonchev–Trinajstić information content (AvgIpc) is 2.44. The van der Waals surface area contributed by atoms with Gasteiger partial charge in [-0.15, -0.1) is 4.99 Å². The molecule has 0 saturated carbocycles. The Morgan fingerprint density at radius 3 is 2.65 bits per heavy atom. The molecule has 1 amide bonds. The van der Waals surface area contributed by atoms with E-state index in [-0.39, 0.29) is 11.7 Å². The molecule has 2 rings (SSSR count). The quantitative estimate of drug-likeness (QED) is 0.658. The van der Waals surface area contributed by atoms with Gasteiger partial charge >= 0.3 is 6.09 Å². The molecule has 26 heavy (non-hydrogen) atoms. The summed E-state index contributed by atoms with van der Waals surface area (Å²) in [5.74, 6) is -1.42. The van der Waals surface area contributed by atoms with Crippen molar-refractivity contribution < 1.29 is 22.3 Å². The summed E-state index contributed by atoms with van der Waals surface area (Å²) in [6, 6.07) is 2.58. The lowest BCUT2D eigenvalue weighted by Gasteiger charge is -2.39. The standard InChI is InChI=1S/C15H20BrFN4O4S/c1-14(2,3)25-13(22)19-12-20-15(4,8-26(23,24)21(12)5)11-9(17)6-7-10(16)18-11/h6-7H,8H2,1-5H3,(H,19,20,22)/t15-/m0/s1. The SMILES string of the molecule is CN1/C(=N\C(=O)OC(C)(C)C)N[C@](C)(c2nc(Br)ccc2F)CS1(=O)=O.